The van der Waals surface area contributed by atoms with Crippen molar-refractivity contribution in [3.05, 3.63) is 67.4 Å². The van der Waals surface area contributed by atoms with E-state index in [0.717, 1.165) is 23.7 Å². The molecular weight excluding hydrogens is 468 g/mol. The standard InChI is InChI=1S/C23H24Cl2FN5O2/c1-3-27-10-20-29-18-9-19(17(26)8-15(18)23(33)30-20)28-11-21(32)31-5-4-13-6-14(24)7-16(25)22(13)12(31)2/h6-9,12,27-28H,3-5,10-11H2,1-2H3,(H,29,30,33). The van der Waals surface area contributed by atoms with Crippen LogP contribution in [-0.2, 0) is 17.8 Å². The number of hydrogen-bond acceptors (Lipinski definition) is 5. The van der Waals surface area contributed by atoms with Crippen LogP contribution in [-0.4, -0.2) is 40.4 Å². The van der Waals surface area contributed by atoms with Gasteiger partial charge in [-0.3, -0.25) is 9.59 Å². The average molecular weight is 492 g/mol. The van der Waals surface area contributed by atoms with Crippen LogP contribution in [0.25, 0.3) is 10.9 Å². The second-order valence-corrected chi connectivity index (χ2v) is 8.81. The van der Waals surface area contributed by atoms with Gasteiger partial charge in [-0.1, -0.05) is 30.1 Å². The zero-order chi connectivity index (χ0) is 23.7. The molecule has 0 spiro atoms. The highest BCUT2D eigenvalue weighted by atomic mass is 35.5. The lowest BCUT2D eigenvalue weighted by Gasteiger charge is -2.36. The first-order valence-corrected chi connectivity index (χ1v) is 11.5. The number of benzene rings is 2. The van der Waals surface area contributed by atoms with E-state index in [1.54, 1.807) is 11.0 Å². The third kappa shape index (κ3) is 4.83. The first-order chi connectivity index (χ1) is 15.8. The Morgan fingerprint density at radius 2 is 2.09 bits per heavy atom. The van der Waals surface area contributed by atoms with Gasteiger partial charge in [0, 0.05) is 16.6 Å². The predicted molar refractivity (Wildman–Crippen MR) is 128 cm³/mol. The molecule has 2 aromatic carbocycles. The molecule has 3 aromatic rings. The lowest BCUT2D eigenvalue weighted by Crippen LogP contribution is -2.42. The van der Waals surface area contributed by atoms with Crippen LogP contribution in [0.4, 0.5) is 10.1 Å². The van der Waals surface area contributed by atoms with E-state index in [1.165, 1.54) is 6.07 Å². The second-order valence-electron chi connectivity index (χ2n) is 7.97. The molecule has 1 aliphatic rings. The highest BCUT2D eigenvalue weighted by molar-refractivity contribution is 6.35. The van der Waals surface area contributed by atoms with Gasteiger partial charge in [-0.2, -0.15) is 0 Å². The first-order valence-electron chi connectivity index (χ1n) is 10.7. The summed E-state index contributed by atoms with van der Waals surface area (Å²) >= 11 is 12.5. The Hall–Kier alpha value is -2.68. The Bertz CT molecular complexity index is 1280. The number of nitrogens with one attached hydrogen (secondary N) is 3. The molecular formula is C23H24Cl2FN5O2. The normalized spacial score (nSPS) is 15.5. The third-order valence-electron chi connectivity index (χ3n) is 5.82. The molecule has 0 saturated carbocycles. The molecule has 0 fully saturated rings. The van der Waals surface area contributed by atoms with Crippen LogP contribution in [0.3, 0.4) is 0 Å². The third-order valence-corrected chi connectivity index (χ3v) is 6.35. The van der Waals surface area contributed by atoms with E-state index in [9.17, 15) is 14.0 Å². The van der Waals surface area contributed by atoms with E-state index in [-0.39, 0.29) is 29.6 Å². The number of halogens is 3. The fraction of sp³-hybridized carbons (Fsp3) is 0.348. The summed E-state index contributed by atoms with van der Waals surface area (Å²) in [6.07, 6.45) is 0.636. The van der Waals surface area contributed by atoms with Crippen LogP contribution >= 0.6 is 23.2 Å². The van der Waals surface area contributed by atoms with Gasteiger partial charge in [0.2, 0.25) is 5.91 Å². The summed E-state index contributed by atoms with van der Waals surface area (Å²) in [6, 6.07) is 5.91. The molecule has 0 saturated heterocycles. The summed E-state index contributed by atoms with van der Waals surface area (Å²) in [4.78, 5) is 34.0. The number of H-pyrrole nitrogens is 1. The molecule has 1 unspecified atom stereocenters. The molecule has 2 heterocycles. The molecule has 3 N–H and O–H groups in total. The summed E-state index contributed by atoms with van der Waals surface area (Å²) in [6.45, 7) is 5.37. The average Bonchev–Trinajstić information content (AvgIpc) is 2.76. The first kappa shape index (κ1) is 23.5. The number of aromatic nitrogens is 2. The SMILES string of the molecule is CCNCc1nc2cc(NCC(=O)N3CCc4cc(Cl)cc(Cl)c4C3C)c(F)cc2c(=O)[nH]1. The number of amides is 1. The molecule has 33 heavy (non-hydrogen) atoms. The van der Waals surface area contributed by atoms with Crippen LogP contribution < -0.4 is 16.2 Å². The largest absolute Gasteiger partial charge is 0.374 e. The van der Waals surface area contributed by atoms with E-state index in [0.29, 0.717) is 40.9 Å². The summed E-state index contributed by atoms with van der Waals surface area (Å²) < 4.78 is 14.6. The molecule has 0 aliphatic carbocycles. The van der Waals surface area contributed by atoms with Gasteiger partial charge in [0.15, 0.2) is 0 Å². The minimum absolute atomic E-state index is 0.109. The van der Waals surface area contributed by atoms with E-state index in [2.05, 4.69) is 20.6 Å². The lowest BCUT2D eigenvalue weighted by molar-refractivity contribution is -0.131. The second kappa shape index (κ2) is 9.67. The molecule has 1 atom stereocenters. The van der Waals surface area contributed by atoms with Crippen molar-refractivity contribution in [2.75, 3.05) is 25.0 Å². The van der Waals surface area contributed by atoms with Crippen molar-refractivity contribution in [2.45, 2.75) is 32.9 Å². The zero-order valence-electron chi connectivity index (χ0n) is 18.3. The Morgan fingerprint density at radius 1 is 1.30 bits per heavy atom. The Kier molecular flexibility index (Phi) is 6.88. The summed E-state index contributed by atoms with van der Waals surface area (Å²) in [7, 11) is 0. The maximum atomic E-state index is 14.6. The zero-order valence-corrected chi connectivity index (χ0v) is 19.8. The number of anilines is 1. The minimum Gasteiger partial charge on any atom is -0.374 e. The molecule has 10 heteroatoms. The predicted octanol–water partition coefficient (Wildman–Crippen LogP) is 4.04. The number of rotatable bonds is 6. The minimum atomic E-state index is -0.628. The smallest absolute Gasteiger partial charge is 0.258 e. The lowest BCUT2D eigenvalue weighted by atomic mass is 9.93. The van der Waals surface area contributed by atoms with Crippen LogP contribution in [0.15, 0.2) is 29.1 Å². The summed E-state index contributed by atoms with van der Waals surface area (Å²) in [5.41, 5.74) is 1.97. The quantitative estimate of drug-likeness (QED) is 0.484. The van der Waals surface area contributed by atoms with Crippen LogP contribution in [0, 0.1) is 5.82 Å². The van der Waals surface area contributed by atoms with Crippen molar-refractivity contribution in [1.29, 1.82) is 0 Å². The molecule has 1 aromatic heterocycles. The van der Waals surface area contributed by atoms with Crippen molar-refractivity contribution in [3.63, 3.8) is 0 Å². The molecule has 174 valence electrons. The Balaban J connectivity index is 1.52. The number of carbonyl (C=O) groups excluding carboxylic acids is 1. The van der Waals surface area contributed by atoms with E-state index in [4.69, 9.17) is 23.2 Å². The van der Waals surface area contributed by atoms with Crippen LogP contribution in [0.2, 0.25) is 10.0 Å². The molecule has 1 aliphatic heterocycles. The van der Waals surface area contributed by atoms with Gasteiger partial charge in [-0.15, -0.1) is 0 Å². The van der Waals surface area contributed by atoms with Crippen molar-refractivity contribution in [1.82, 2.24) is 20.2 Å². The molecule has 1 amide bonds. The van der Waals surface area contributed by atoms with Crippen LogP contribution in [0.5, 0.6) is 0 Å². The van der Waals surface area contributed by atoms with E-state index in [1.807, 2.05) is 19.9 Å². The highest BCUT2D eigenvalue weighted by Crippen LogP contribution is 2.37. The number of hydrogen-bond donors (Lipinski definition) is 3. The fourth-order valence-corrected chi connectivity index (χ4v) is 4.88. The van der Waals surface area contributed by atoms with Gasteiger partial charge in [0.1, 0.15) is 11.6 Å². The molecule has 0 radical (unpaired) electrons. The van der Waals surface area contributed by atoms with Gasteiger partial charge in [0.05, 0.1) is 35.7 Å². The maximum Gasteiger partial charge on any atom is 0.258 e. The van der Waals surface area contributed by atoms with Crippen LogP contribution in [0.1, 0.15) is 36.8 Å². The molecule has 0 bridgehead atoms. The number of nitrogens with zero attached hydrogens (tertiary/aromatic N) is 2. The monoisotopic (exact) mass is 491 g/mol. The van der Waals surface area contributed by atoms with Crippen molar-refractivity contribution in [3.8, 4) is 0 Å². The number of carbonyl (C=O) groups is 1. The van der Waals surface area contributed by atoms with Gasteiger partial charge < -0.3 is 20.5 Å². The van der Waals surface area contributed by atoms with E-state index >= 15 is 0 Å². The van der Waals surface area contributed by atoms with Crippen molar-refractivity contribution in [2.24, 2.45) is 0 Å². The van der Waals surface area contributed by atoms with Crippen molar-refractivity contribution < 1.29 is 9.18 Å². The van der Waals surface area contributed by atoms with Gasteiger partial charge in [-0.25, -0.2) is 9.37 Å². The fourth-order valence-electron chi connectivity index (χ4n) is 4.19. The molecule has 4 rings (SSSR count). The number of aromatic amines is 1. The summed E-state index contributed by atoms with van der Waals surface area (Å²) in [5.74, 6) is -0.358. The highest BCUT2D eigenvalue weighted by Gasteiger charge is 2.29. The summed E-state index contributed by atoms with van der Waals surface area (Å²) in [5, 5.41) is 7.20. The molecule has 7 nitrogen and oxygen atoms in total. The van der Waals surface area contributed by atoms with Crippen molar-refractivity contribution >= 4 is 45.7 Å². The Morgan fingerprint density at radius 3 is 2.85 bits per heavy atom. The topological polar surface area (TPSA) is 90.1 Å². The Labute approximate surface area is 200 Å². The van der Waals surface area contributed by atoms with Gasteiger partial charge in [0.25, 0.3) is 5.56 Å². The van der Waals surface area contributed by atoms with Gasteiger partial charge >= 0.3 is 0 Å². The van der Waals surface area contributed by atoms with E-state index < -0.39 is 11.4 Å². The maximum absolute atomic E-state index is 14.6. The number of fused-ring (bicyclic) bond motifs is 2. The van der Waals surface area contributed by atoms with Gasteiger partial charge in [-0.05, 0) is 55.3 Å².